The molecule has 0 saturated carbocycles. The van der Waals surface area contributed by atoms with E-state index in [1.54, 1.807) is 11.8 Å². The van der Waals surface area contributed by atoms with E-state index in [1.807, 2.05) is 23.9 Å². The topological polar surface area (TPSA) is 20.2 Å². The number of rotatable bonds is 6. The molecule has 0 spiro atoms. The molecule has 3 unspecified atom stereocenters. The molecule has 1 N–H and O–H groups in total. The van der Waals surface area contributed by atoms with Crippen LogP contribution in [0.5, 0.6) is 0 Å². The molecule has 1 heterocycles. The van der Waals surface area contributed by atoms with Gasteiger partial charge in [0, 0.05) is 26.9 Å². The van der Waals surface area contributed by atoms with Crippen molar-refractivity contribution < 1.29 is 9.50 Å². The molecule has 146 valence electrons. The summed E-state index contributed by atoms with van der Waals surface area (Å²) in [7, 11) is 0. The number of benzene rings is 2. The van der Waals surface area contributed by atoms with Gasteiger partial charge in [0.2, 0.25) is 0 Å². The molecule has 0 amide bonds. The Bertz CT molecular complexity index is 761. The van der Waals surface area contributed by atoms with Gasteiger partial charge >= 0.3 is 0 Å². The summed E-state index contributed by atoms with van der Waals surface area (Å²) in [4.78, 5) is 2.44. The average molecular weight is 405 g/mol. The fraction of sp³-hybridized carbons (Fsp3) is 0.478. The van der Waals surface area contributed by atoms with Crippen molar-refractivity contribution in [2.24, 2.45) is 5.41 Å². The zero-order valence-electron chi connectivity index (χ0n) is 16.4. The first-order chi connectivity index (χ1) is 13.0. The van der Waals surface area contributed by atoms with Crippen molar-refractivity contribution in [1.82, 2.24) is 0 Å². The Hall–Kier alpha value is -0.970. The lowest BCUT2D eigenvalue weighted by molar-refractivity contribution is 0.0182. The quantitative estimate of drug-likeness (QED) is 0.539. The summed E-state index contributed by atoms with van der Waals surface area (Å²) >= 11 is 3.59. The van der Waals surface area contributed by atoms with Gasteiger partial charge in [-0.1, -0.05) is 38.8 Å². The first-order valence-electron chi connectivity index (χ1n) is 9.79. The minimum atomic E-state index is -0.481. The van der Waals surface area contributed by atoms with E-state index in [2.05, 4.69) is 38.3 Å². The monoisotopic (exact) mass is 404 g/mol. The number of hydrogen-bond acceptors (Lipinski definition) is 3. The summed E-state index contributed by atoms with van der Waals surface area (Å²) in [5, 5.41) is 11.7. The van der Waals surface area contributed by atoms with Crippen LogP contribution in [0.3, 0.4) is 0 Å². The fourth-order valence-electron chi connectivity index (χ4n) is 4.13. The second-order valence-corrected chi connectivity index (χ2v) is 9.38. The molecule has 27 heavy (non-hydrogen) atoms. The third-order valence-electron chi connectivity index (χ3n) is 5.97. The first-order valence-corrected chi connectivity index (χ1v) is 12.0. The van der Waals surface area contributed by atoms with Crippen LogP contribution in [0.4, 0.5) is 4.39 Å². The van der Waals surface area contributed by atoms with Gasteiger partial charge in [-0.3, -0.25) is 0 Å². The Morgan fingerprint density at radius 3 is 2.56 bits per heavy atom. The van der Waals surface area contributed by atoms with Gasteiger partial charge in [0.15, 0.2) is 0 Å². The van der Waals surface area contributed by atoms with E-state index in [-0.39, 0.29) is 17.2 Å². The van der Waals surface area contributed by atoms with Crippen LogP contribution in [-0.2, 0) is 0 Å². The number of aliphatic hydroxyl groups excluding tert-OH is 1. The molecule has 1 aliphatic heterocycles. The van der Waals surface area contributed by atoms with Crippen molar-refractivity contribution in [3.63, 3.8) is 0 Å². The Kier molecular flexibility index (Phi) is 6.93. The minimum absolute atomic E-state index is 0.125. The van der Waals surface area contributed by atoms with Crippen LogP contribution in [-0.4, -0.2) is 23.2 Å². The van der Waals surface area contributed by atoms with Gasteiger partial charge in [-0.05, 0) is 60.6 Å². The van der Waals surface area contributed by atoms with Crippen LogP contribution in [0.25, 0.3) is 0 Å². The number of hydrogen-bond donors (Lipinski definition) is 1. The molecule has 1 aliphatic rings. The van der Waals surface area contributed by atoms with Gasteiger partial charge in [0.05, 0.1) is 6.10 Å². The maximum atomic E-state index is 13.6. The van der Waals surface area contributed by atoms with Crippen LogP contribution >= 0.6 is 23.5 Å². The predicted octanol–water partition coefficient (Wildman–Crippen LogP) is 6.73. The molecule has 2 aromatic rings. The summed E-state index contributed by atoms with van der Waals surface area (Å²) in [6, 6.07) is 13.3. The molecule has 0 bridgehead atoms. The maximum absolute atomic E-state index is 13.6. The lowest BCUT2D eigenvalue weighted by atomic mass is 9.69. The summed E-state index contributed by atoms with van der Waals surface area (Å²) in [6.45, 7) is 4.40. The molecule has 0 fully saturated rings. The van der Waals surface area contributed by atoms with Crippen molar-refractivity contribution in [2.45, 2.75) is 61.3 Å². The molecule has 2 aromatic carbocycles. The molecule has 3 rings (SSSR count). The van der Waals surface area contributed by atoms with Gasteiger partial charge in [-0.25, -0.2) is 4.39 Å². The lowest BCUT2D eigenvalue weighted by Gasteiger charge is -2.39. The van der Waals surface area contributed by atoms with Gasteiger partial charge in [0.25, 0.3) is 0 Å². The van der Waals surface area contributed by atoms with E-state index in [1.165, 1.54) is 27.5 Å². The number of halogens is 1. The highest BCUT2D eigenvalue weighted by Gasteiger charge is 2.44. The molecule has 0 radical (unpaired) electrons. The molecule has 0 aliphatic carbocycles. The second kappa shape index (κ2) is 9.02. The van der Waals surface area contributed by atoms with Crippen LogP contribution in [0.2, 0.25) is 0 Å². The molecular formula is C23H29FOS2. The Morgan fingerprint density at radius 2 is 1.93 bits per heavy atom. The molecule has 1 nitrogen and oxygen atoms in total. The fourth-order valence-corrected chi connectivity index (χ4v) is 6.06. The zero-order chi connectivity index (χ0) is 19.4. The van der Waals surface area contributed by atoms with Gasteiger partial charge in [-0.15, -0.1) is 23.5 Å². The summed E-state index contributed by atoms with van der Waals surface area (Å²) in [5.74, 6) is 0.565. The van der Waals surface area contributed by atoms with Crippen LogP contribution in [0.15, 0.2) is 52.3 Å². The average Bonchev–Trinajstić information content (AvgIpc) is 2.81. The first kappa shape index (κ1) is 20.8. The number of unbranched alkanes of at least 4 members (excludes halogenated alkanes) is 1. The highest BCUT2D eigenvalue weighted by Crippen LogP contribution is 2.51. The van der Waals surface area contributed by atoms with Crippen molar-refractivity contribution in [3.8, 4) is 0 Å². The third kappa shape index (κ3) is 4.23. The molecular weight excluding hydrogens is 375 g/mol. The van der Waals surface area contributed by atoms with E-state index in [4.69, 9.17) is 0 Å². The standard InChI is InChI=1S/C23H29FOS2/c1-4-6-13-23(5-2)15-27-20-12-11-18(26-3)14-19(20)21(22(23)25)16-7-9-17(24)10-8-16/h7-12,14,21-22,25H,4-6,13,15H2,1-3H3. The van der Waals surface area contributed by atoms with Gasteiger partial charge in [0.1, 0.15) is 5.82 Å². The Labute approximate surface area is 171 Å². The van der Waals surface area contributed by atoms with E-state index in [0.29, 0.717) is 0 Å². The summed E-state index contributed by atoms with van der Waals surface area (Å²) < 4.78 is 13.6. The van der Waals surface area contributed by atoms with Gasteiger partial charge in [-0.2, -0.15) is 0 Å². The summed E-state index contributed by atoms with van der Waals surface area (Å²) in [5.41, 5.74) is 2.05. The highest BCUT2D eigenvalue weighted by molar-refractivity contribution is 7.99. The van der Waals surface area contributed by atoms with E-state index in [9.17, 15) is 9.50 Å². The van der Waals surface area contributed by atoms with Crippen molar-refractivity contribution >= 4 is 23.5 Å². The van der Waals surface area contributed by atoms with Crippen LogP contribution in [0, 0.1) is 11.2 Å². The maximum Gasteiger partial charge on any atom is 0.123 e. The minimum Gasteiger partial charge on any atom is -0.392 e. The normalized spacial score (nSPS) is 25.1. The van der Waals surface area contributed by atoms with Crippen molar-refractivity contribution in [1.29, 1.82) is 0 Å². The SMILES string of the molecule is CCCCC1(CC)CSc2ccc(SC)cc2C(c2ccc(F)cc2)C1O. The third-order valence-corrected chi connectivity index (χ3v) is 8.10. The van der Waals surface area contributed by atoms with Crippen LogP contribution < -0.4 is 0 Å². The highest BCUT2D eigenvalue weighted by atomic mass is 32.2. The number of thioether (sulfide) groups is 2. The second-order valence-electron chi connectivity index (χ2n) is 7.49. The number of fused-ring (bicyclic) bond motifs is 1. The van der Waals surface area contributed by atoms with Crippen LogP contribution in [0.1, 0.15) is 56.6 Å². The van der Waals surface area contributed by atoms with E-state index < -0.39 is 6.10 Å². The van der Waals surface area contributed by atoms with E-state index in [0.717, 1.165) is 37.0 Å². The Balaban J connectivity index is 2.14. The molecule has 3 atom stereocenters. The molecule has 4 heteroatoms. The number of aliphatic hydroxyl groups is 1. The lowest BCUT2D eigenvalue weighted by Crippen LogP contribution is -2.40. The summed E-state index contributed by atoms with van der Waals surface area (Å²) in [6.07, 6.45) is 5.81. The molecule has 0 saturated heterocycles. The largest absolute Gasteiger partial charge is 0.392 e. The Morgan fingerprint density at radius 1 is 1.19 bits per heavy atom. The smallest absolute Gasteiger partial charge is 0.123 e. The van der Waals surface area contributed by atoms with Crippen molar-refractivity contribution in [2.75, 3.05) is 12.0 Å². The predicted molar refractivity (Wildman–Crippen MR) is 115 cm³/mol. The van der Waals surface area contributed by atoms with Gasteiger partial charge < -0.3 is 5.11 Å². The zero-order valence-corrected chi connectivity index (χ0v) is 18.0. The molecule has 0 aromatic heterocycles. The van der Waals surface area contributed by atoms with Crippen molar-refractivity contribution in [3.05, 3.63) is 59.4 Å². The van der Waals surface area contributed by atoms with E-state index >= 15 is 0 Å².